The molecule has 27 heavy (non-hydrogen) atoms. The fourth-order valence-corrected chi connectivity index (χ4v) is 4.03. The monoisotopic (exact) mass is 398 g/mol. The standard InChI is InChI=1S/C18H14N4O3S2/c1-10(23)19-17-21-13-7-6-11(8-15(13)27-17)20-16(24)9-26-18-22-12-4-2-3-5-14(12)25-18/h2-8H,9H2,1H3,(H,20,24)(H,19,21,23). The Morgan fingerprint density at radius 2 is 1.96 bits per heavy atom. The summed E-state index contributed by atoms with van der Waals surface area (Å²) in [5.41, 5.74) is 2.91. The summed E-state index contributed by atoms with van der Waals surface area (Å²) in [5.74, 6) is -0.142. The number of aromatic nitrogens is 2. The third kappa shape index (κ3) is 4.09. The van der Waals surface area contributed by atoms with Crippen molar-refractivity contribution < 1.29 is 14.0 Å². The van der Waals surface area contributed by atoms with Crippen LogP contribution in [0.3, 0.4) is 0 Å². The Morgan fingerprint density at radius 1 is 1.11 bits per heavy atom. The number of fused-ring (bicyclic) bond motifs is 2. The SMILES string of the molecule is CC(=O)Nc1nc2ccc(NC(=O)CSc3nc4ccccc4o3)cc2s1. The normalized spacial score (nSPS) is 11.0. The number of nitrogens with zero attached hydrogens (tertiary/aromatic N) is 2. The Balaban J connectivity index is 1.40. The van der Waals surface area contributed by atoms with Gasteiger partial charge in [0.1, 0.15) is 5.52 Å². The maximum atomic E-state index is 12.2. The van der Waals surface area contributed by atoms with Gasteiger partial charge in [-0.1, -0.05) is 35.2 Å². The van der Waals surface area contributed by atoms with Gasteiger partial charge in [0.2, 0.25) is 11.8 Å². The molecule has 0 saturated heterocycles. The van der Waals surface area contributed by atoms with Gasteiger partial charge in [0, 0.05) is 12.6 Å². The third-order valence-corrected chi connectivity index (χ3v) is 5.32. The zero-order valence-electron chi connectivity index (χ0n) is 14.2. The first kappa shape index (κ1) is 17.5. The lowest BCUT2D eigenvalue weighted by Crippen LogP contribution is -2.13. The van der Waals surface area contributed by atoms with Crippen LogP contribution in [0.2, 0.25) is 0 Å². The average Bonchev–Trinajstić information content (AvgIpc) is 3.21. The van der Waals surface area contributed by atoms with Crippen molar-refractivity contribution in [3.8, 4) is 0 Å². The number of oxazole rings is 1. The first-order valence-corrected chi connectivity index (χ1v) is 9.83. The van der Waals surface area contributed by atoms with Crippen molar-refractivity contribution in [1.29, 1.82) is 0 Å². The Hall–Kier alpha value is -2.91. The molecule has 4 rings (SSSR count). The molecule has 0 aliphatic rings. The van der Waals surface area contributed by atoms with Gasteiger partial charge in [0.15, 0.2) is 10.7 Å². The minimum atomic E-state index is -0.168. The summed E-state index contributed by atoms with van der Waals surface area (Å²) in [5, 5.41) is 6.51. The van der Waals surface area contributed by atoms with Crippen molar-refractivity contribution in [3.05, 3.63) is 42.5 Å². The number of para-hydroxylation sites is 2. The van der Waals surface area contributed by atoms with E-state index in [2.05, 4.69) is 20.6 Å². The number of carbonyl (C=O) groups is 2. The lowest BCUT2D eigenvalue weighted by atomic mass is 10.3. The molecule has 7 nitrogen and oxygen atoms in total. The van der Waals surface area contributed by atoms with Crippen LogP contribution < -0.4 is 10.6 Å². The van der Waals surface area contributed by atoms with Crippen LogP contribution in [0.15, 0.2) is 52.1 Å². The highest BCUT2D eigenvalue weighted by Gasteiger charge is 2.11. The van der Waals surface area contributed by atoms with E-state index >= 15 is 0 Å². The minimum absolute atomic E-state index is 0.159. The largest absolute Gasteiger partial charge is 0.431 e. The van der Waals surface area contributed by atoms with Crippen LogP contribution in [0.1, 0.15) is 6.92 Å². The molecular formula is C18H14N4O3S2. The molecule has 2 heterocycles. The van der Waals surface area contributed by atoms with Gasteiger partial charge >= 0.3 is 0 Å². The molecule has 0 unspecified atom stereocenters. The molecule has 0 fully saturated rings. The van der Waals surface area contributed by atoms with Crippen molar-refractivity contribution in [2.24, 2.45) is 0 Å². The summed E-state index contributed by atoms with van der Waals surface area (Å²) in [6.07, 6.45) is 0. The van der Waals surface area contributed by atoms with E-state index in [0.717, 1.165) is 15.7 Å². The second kappa shape index (κ2) is 7.37. The van der Waals surface area contributed by atoms with Crippen LogP contribution in [-0.2, 0) is 9.59 Å². The maximum absolute atomic E-state index is 12.2. The van der Waals surface area contributed by atoms with Crippen LogP contribution in [-0.4, -0.2) is 27.5 Å². The molecule has 0 saturated carbocycles. The molecule has 136 valence electrons. The van der Waals surface area contributed by atoms with E-state index in [1.54, 1.807) is 12.1 Å². The maximum Gasteiger partial charge on any atom is 0.257 e. The van der Waals surface area contributed by atoms with Gasteiger partial charge in [0.05, 0.1) is 16.0 Å². The van der Waals surface area contributed by atoms with Gasteiger partial charge in [0.25, 0.3) is 5.22 Å². The lowest BCUT2D eigenvalue weighted by molar-refractivity contribution is -0.114. The van der Waals surface area contributed by atoms with E-state index in [1.165, 1.54) is 30.0 Å². The molecule has 2 amide bonds. The van der Waals surface area contributed by atoms with Gasteiger partial charge in [-0.05, 0) is 30.3 Å². The van der Waals surface area contributed by atoms with Gasteiger partial charge < -0.3 is 15.1 Å². The molecule has 0 aliphatic heterocycles. The fraction of sp³-hybridized carbons (Fsp3) is 0.111. The summed E-state index contributed by atoms with van der Waals surface area (Å²) in [7, 11) is 0. The first-order valence-electron chi connectivity index (χ1n) is 8.03. The van der Waals surface area contributed by atoms with Crippen LogP contribution in [0, 0.1) is 0 Å². The highest BCUT2D eigenvalue weighted by atomic mass is 32.2. The molecule has 2 aromatic heterocycles. The molecule has 0 aliphatic carbocycles. The summed E-state index contributed by atoms with van der Waals surface area (Å²) in [6.45, 7) is 1.44. The Bertz CT molecular complexity index is 1120. The predicted molar refractivity (Wildman–Crippen MR) is 107 cm³/mol. The van der Waals surface area contributed by atoms with Crippen molar-refractivity contribution >= 4 is 67.0 Å². The highest BCUT2D eigenvalue weighted by molar-refractivity contribution is 7.99. The van der Waals surface area contributed by atoms with Crippen molar-refractivity contribution in [2.75, 3.05) is 16.4 Å². The van der Waals surface area contributed by atoms with Crippen LogP contribution >= 0.6 is 23.1 Å². The molecule has 9 heteroatoms. The number of carbonyl (C=O) groups excluding carboxylic acids is 2. The number of hydrogen-bond acceptors (Lipinski definition) is 7. The molecule has 0 spiro atoms. The number of thiazole rings is 1. The van der Waals surface area contributed by atoms with Gasteiger partial charge in [-0.15, -0.1) is 0 Å². The molecule has 2 N–H and O–H groups in total. The number of rotatable bonds is 5. The van der Waals surface area contributed by atoms with E-state index in [-0.39, 0.29) is 17.6 Å². The topological polar surface area (TPSA) is 97.1 Å². The van der Waals surface area contributed by atoms with Crippen molar-refractivity contribution in [1.82, 2.24) is 9.97 Å². The van der Waals surface area contributed by atoms with E-state index in [4.69, 9.17) is 4.42 Å². The summed E-state index contributed by atoms with van der Waals surface area (Å²) in [4.78, 5) is 32.0. The van der Waals surface area contributed by atoms with E-state index in [0.29, 0.717) is 21.6 Å². The van der Waals surface area contributed by atoms with E-state index < -0.39 is 0 Å². The second-order valence-corrected chi connectivity index (χ2v) is 7.62. The highest BCUT2D eigenvalue weighted by Crippen LogP contribution is 2.29. The smallest absolute Gasteiger partial charge is 0.257 e. The van der Waals surface area contributed by atoms with E-state index in [1.807, 2.05) is 30.3 Å². The number of hydrogen-bond donors (Lipinski definition) is 2. The number of nitrogens with one attached hydrogen (secondary N) is 2. The van der Waals surface area contributed by atoms with Crippen LogP contribution in [0.5, 0.6) is 0 Å². The molecular weight excluding hydrogens is 384 g/mol. The number of benzene rings is 2. The van der Waals surface area contributed by atoms with Crippen molar-refractivity contribution in [3.63, 3.8) is 0 Å². The van der Waals surface area contributed by atoms with Crippen LogP contribution in [0.4, 0.5) is 10.8 Å². The summed E-state index contributed by atoms with van der Waals surface area (Å²) < 4.78 is 6.47. The molecule has 4 aromatic rings. The molecule has 0 atom stereocenters. The Kier molecular flexibility index (Phi) is 4.78. The lowest BCUT2D eigenvalue weighted by Gasteiger charge is -2.03. The minimum Gasteiger partial charge on any atom is -0.431 e. The van der Waals surface area contributed by atoms with Crippen molar-refractivity contribution in [2.45, 2.75) is 12.1 Å². The fourth-order valence-electron chi connectivity index (χ4n) is 2.44. The number of amides is 2. The summed E-state index contributed by atoms with van der Waals surface area (Å²) in [6, 6.07) is 12.9. The second-order valence-electron chi connectivity index (χ2n) is 5.67. The summed E-state index contributed by atoms with van der Waals surface area (Å²) >= 11 is 2.60. The van der Waals surface area contributed by atoms with E-state index in [9.17, 15) is 9.59 Å². The van der Waals surface area contributed by atoms with Gasteiger partial charge in [-0.3, -0.25) is 9.59 Å². The van der Waals surface area contributed by atoms with Gasteiger partial charge in [-0.25, -0.2) is 9.97 Å². The average molecular weight is 398 g/mol. The number of thioether (sulfide) groups is 1. The van der Waals surface area contributed by atoms with Gasteiger partial charge in [-0.2, -0.15) is 0 Å². The molecule has 2 aromatic carbocycles. The zero-order valence-corrected chi connectivity index (χ0v) is 15.8. The third-order valence-electron chi connectivity index (χ3n) is 3.56. The molecule has 0 bridgehead atoms. The zero-order chi connectivity index (χ0) is 18.8. The predicted octanol–water partition coefficient (Wildman–Crippen LogP) is 4.13. The Morgan fingerprint density at radius 3 is 2.78 bits per heavy atom. The molecule has 0 radical (unpaired) electrons. The number of anilines is 2. The Labute approximate surface area is 162 Å². The quantitative estimate of drug-likeness (QED) is 0.491. The first-order chi connectivity index (χ1) is 13.1. The van der Waals surface area contributed by atoms with Crippen LogP contribution in [0.25, 0.3) is 21.3 Å².